The third-order valence-corrected chi connectivity index (χ3v) is 8.67. The Labute approximate surface area is 285 Å². The molecule has 0 saturated carbocycles. The van der Waals surface area contributed by atoms with Gasteiger partial charge >= 0.3 is 0 Å². The van der Waals surface area contributed by atoms with Crippen molar-refractivity contribution in [2.75, 3.05) is 0 Å². The fourth-order valence-corrected chi connectivity index (χ4v) is 6.58. The molecular formula is C45H30N2. The Balaban J connectivity index is 1.47. The molecule has 9 rings (SSSR count). The fraction of sp³-hybridized carbons (Fsp3) is 0. The first-order valence-electron chi connectivity index (χ1n) is 19.4. The van der Waals surface area contributed by atoms with Crippen LogP contribution < -0.4 is 0 Å². The zero-order valence-corrected chi connectivity index (χ0v) is 25.1. The normalized spacial score (nSPS) is 13.8. The molecule has 0 N–H and O–H groups in total. The minimum Gasteiger partial charge on any atom is -0.292 e. The van der Waals surface area contributed by atoms with E-state index in [-0.39, 0.29) is 51.3 Å². The molecule has 0 atom stereocenters. The second-order valence-corrected chi connectivity index (χ2v) is 11.3. The average molecular weight is 607 g/mol. The molecule has 0 radical (unpaired) electrons. The molecule has 9 aromatic rings. The van der Waals surface area contributed by atoms with Crippen molar-refractivity contribution in [3.8, 4) is 50.5 Å². The molecule has 0 amide bonds. The van der Waals surface area contributed by atoms with Crippen molar-refractivity contribution < 1.29 is 11.0 Å². The number of imidazole rings is 1. The van der Waals surface area contributed by atoms with E-state index in [1.807, 2.05) is 138 Å². The van der Waals surface area contributed by atoms with Gasteiger partial charge in [0, 0.05) is 11.3 Å². The van der Waals surface area contributed by atoms with Gasteiger partial charge in [-0.2, -0.15) is 0 Å². The monoisotopic (exact) mass is 606 g/mol. The highest BCUT2D eigenvalue weighted by Crippen LogP contribution is 2.46. The van der Waals surface area contributed by atoms with Crippen molar-refractivity contribution in [3.63, 3.8) is 0 Å². The molecule has 8 aromatic carbocycles. The van der Waals surface area contributed by atoms with Crippen LogP contribution in [0.15, 0.2) is 182 Å². The highest BCUT2D eigenvalue weighted by molar-refractivity contribution is 6.22. The molecule has 0 unspecified atom stereocenters. The topological polar surface area (TPSA) is 17.8 Å². The van der Waals surface area contributed by atoms with Crippen LogP contribution in [-0.4, -0.2) is 9.55 Å². The van der Waals surface area contributed by atoms with Crippen molar-refractivity contribution in [2.24, 2.45) is 0 Å². The van der Waals surface area contributed by atoms with Crippen molar-refractivity contribution >= 4 is 32.6 Å². The van der Waals surface area contributed by atoms with Gasteiger partial charge in [-0.15, -0.1) is 0 Å². The van der Waals surface area contributed by atoms with Crippen molar-refractivity contribution in [3.05, 3.63) is 182 Å². The van der Waals surface area contributed by atoms with E-state index in [0.717, 1.165) is 27.8 Å². The standard InChI is InChI=1S/C45H30N2/c1-3-15-31(16-4-1)32-27-29-33(30-28-32)43-35-19-7-9-21-37(35)44(38-22-10-8-20-36(38)43)39-23-11-12-24-40(39)45-46-41-25-13-14-26-42(41)47(45)34-17-5-2-6-18-34/h1-30H/i7D,8D,9D,10D,19D,20D,21D,22D. The molecule has 0 saturated heterocycles. The van der Waals surface area contributed by atoms with E-state index in [1.165, 1.54) is 0 Å². The molecule has 0 spiro atoms. The molecule has 1 heterocycles. The summed E-state index contributed by atoms with van der Waals surface area (Å²) in [5, 5.41) is 0.635. The Hall–Kier alpha value is -6.25. The summed E-state index contributed by atoms with van der Waals surface area (Å²) in [6.07, 6.45) is 0. The van der Waals surface area contributed by atoms with Gasteiger partial charge in [-0.1, -0.05) is 158 Å². The first-order chi connectivity index (χ1) is 26.7. The van der Waals surface area contributed by atoms with Gasteiger partial charge in [0.25, 0.3) is 0 Å². The Kier molecular flexibility index (Phi) is 4.80. The van der Waals surface area contributed by atoms with Crippen LogP contribution in [0.4, 0.5) is 0 Å². The highest BCUT2D eigenvalue weighted by atomic mass is 15.1. The molecule has 0 fully saturated rings. The van der Waals surface area contributed by atoms with Crippen LogP contribution in [0.3, 0.4) is 0 Å². The number of benzene rings is 8. The lowest BCUT2D eigenvalue weighted by Gasteiger charge is -2.20. The van der Waals surface area contributed by atoms with E-state index >= 15 is 0 Å². The summed E-state index contributed by atoms with van der Waals surface area (Å²) in [4.78, 5) is 5.11. The molecule has 220 valence electrons. The average Bonchev–Trinajstić information content (AvgIpc) is 3.62. The number of rotatable bonds is 5. The van der Waals surface area contributed by atoms with Gasteiger partial charge in [-0.05, 0) is 79.2 Å². The van der Waals surface area contributed by atoms with Crippen molar-refractivity contribution in [1.29, 1.82) is 0 Å². The summed E-state index contributed by atoms with van der Waals surface area (Å²) >= 11 is 0. The van der Waals surface area contributed by atoms with Crippen LogP contribution >= 0.6 is 0 Å². The highest BCUT2D eigenvalue weighted by Gasteiger charge is 2.22. The van der Waals surface area contributed by atoms with Crippen LogP contribution in [0.25, 0.3) is 83.0 Å². The van der Waals surface area contributed by atoms with E-state index in [9.17, 15) is 5.48 Å². The maximum absolute atomic E-state index is 9.45. The summed E-state index contributed by atoms with van der Waals surface area (Å²) in [5.41, 5.74) is 6.61. The lowest BCUT2D eigenvalue weighted by atomic mass is 9.84. The van der Waals surface area contributed by atoms with E-state index < -0.39 is 24.2 Å². The summed E-state index contributed by atoms with van der Waals surface area (Å²) < 4.78 is 75.1. The van der Waals surface area contributed by atoms with Gasteiger partial charge in [0.15, 0.2) is 0 Å². The fourth-order valence-electron chi connectivity index (χ4n) is 6.58. The SMILES string of the molecule is [2H]c1c([2H])c([2H])c2c(-c3ccccc3-c3nc4ccccc4n3-c3ccccc3)c3c([2H])c([2H])c([2H])c([2H])c3c(-c3ccc(-c4ccccc4)cc3)c2c1[2H]. The molecule has 0 aliphatic rings. The zero-order chi connectivity index (χ0) is 38.1. The van der Waals surface area contributed by atoms with Gasteiger partial charge in [0.2, 0.25) is 0 Å². The first-order valence-corrected chi connectivity index (χ1v) is 15.4. The third-order valence-electron chi connectivity index (χ3n) is 8.67. The summed E-state index contributed by atoms with van der Waals surface area (Å²) in [7, 11) is 0. The van der Waals surface area contributed by atoms with Gasteiger partial charge in [0.1, 0.15) is 5.82 Å². The van der Waals surface area contributed by atoms with Crippen LogP contribution in [0.2, 0.25) is 0 Å². The minimum absolute atomic E-state index is 0.153. The van der Waals surface area contributed by atoms with Crippen LogP contribution in [-0.2, 0) is 0 Å². The van der Waals surface area contributed by atoms with Crippen LogP contribution in [0, 0.1) is 0 Å². The lowest BCUT2D eigenvalue weighted by molar-refractivity contribution is 1.10. The Morgan fingerprint density at radius 1 is 0.426 bits per heavy atom. The summed E-state index contributed by atoms with van der Waals surface area (Å²) in [6, 6.07) is 39.3. The summed E-state index contributed by atoms with van der Waals surface area (Å²) in [5.74, 6) is 0.562. The van der Waals surface area contributed by atoms with E-state index in [1.54, 1.807) is 0 Å². The minimum atomic E-state index is -0.446. The maximum atomic E-state index is 9.45. The van der Waals surface area contributed by atoms with Gasteiger partial charge in [-0.3, -0.25) is 4.57 Å². The number of para-hydroxylation sites is 3. The molecule has 0 aliphatic heterocycles. The smallest absolute Gasteiger partial charge is 0.146 e. The van der Waals surface area contributed by atoms with Gasteiger partial charge in [-0.25, -0.2) is 4.98 Å². The molecule has 0 aliphatic carbocycles. The second kappa shape index (κ2) is 11.3. The van der Waals surface area contributed by atoms with Gasteiger partial charge in [0.05, 0.1) is 22.0 Å². The first kappa shape index (κ1) is 20.0. The number of aromatic nitrogens is 2. The predicted octanol–water partition coefficient (Wildman–Crippen LogP) is 12.0. The molecule has 0 bridgehead atoms. The Bertz CT molecular complexity index is 2920. The molecular weight excluding hydrogens is 569 g/mol. The largest absolute Gasteiger partial charge is 0.292 e. The van der Waals surface area contributed by atoms with E-state index in [2.05, 4.69) is 0 Å². The molecule has 2 heteroatoms. The number of fused-ring (bicyclic) bond motifs is 3. The number of hydrogen-bond acceptors (Lipinski definition) is 1. The number of hydrogen-bond donors (Lipinski definition) is 0. The zero-order valence-electron chi connectivity index (χ0n) is 33.1. The number of nitrogens with zero attached hydrogens (tertiary/aromatic N) is 2. The summed E-state index contributed by atoms with van der Waals surface area (Å²) in [6.45, 7) is 0. The van der Waals surface area contributed by atoms with E-state index in [4.69, 9.17) is 10.5 Å². The van der Waals surface area contributed by atoms with Crippen LogP contribution in [0.5, 0.6) is 0 Å². The Morgan fingerprint density at radius 2 is 0.915 bits per heavy atom. The lowest BCUT2D eigenvalue weighted by Crippen LogP contribution is -1.99. The van der Waals surface area contributed by atoms with Crippen molar-refractivity contribution in [1.82, 2.24) is 9.55 Å². The van der Waals surface area contributed by atoms with E-state index in [0.29, 0.717) is 28.1 Å². The van der Waals surface area contributed by atoms with Crippen LogP contribution in [0.1, 0.15) is 11.0 Å². The molecule has 47 heavy (non-hydrogen) atoms. The van der Waals surface area contributed by atoms with Crippen molar-refractivity contribution in [2.45, 2.75) is 0 Å². The maximum Gasteiger partial charge on any atom is 0.146 e. The predicted molar refractivity (Wildman–Crippen MR) is 198 cm³/mol. The quantitative estimate of drug-likeness (QED) is 0.178. The Morgan fingerprint density at radius 3 is 1.57 bits per heavy atom. The second-order valence-electron chi connectivity index (χ2n) is 11.3. The van der Waals surface area contributed by atoms with Gasteiger partial charge < -0.3 is 0 Å². The third kappa shape index (κ3) is 4.54. The molecule has 1 aromatic heterocycles. The molecule has 2 nitrogen and oxygen atoms in total.